The van der Waals surface area contributed by atoms with E-state index in [4.69, 9.17) is 5.73 Å². The number of hydrogen-bond donors (Lipinski definition) is 2. The van der Waals surface area contributed by atoms with Gasteiger partial charge in [-0.3, -0.25) is 4.79 Å². The van der Waals surface area contributed by atoms with Crippen LogP contribution >= 0.6 is 15.9 Å². The van der Waals surface area contributed by atoms with Gasteiger partial charge in [-0.05, 0) is 39.9 Å². The predicted molar refractivity (Wildman–Crippen MR) is 77.2 cm³/mol. The topological polar surface area (TPSA) is 68.0 Å². The summed E-state index contributed by atoms with van der Waals surface area (Å²) < 4.78 is 0.768. The maximum atomic E-state index is 12.1. The van der Waals surface area contributed by atoms with Crippen molar-refractivity contribution >= 4 is 27.7 Å². The number of nitrogens with one attached hydrogen (secondary N) is 1. The van der Waals surface area contributed by atoms with Crippen molar-refractivity contribution in [3.8, 4) is 0 Å². The van der Waals surface area contributed by atoms with Crippen molar-refractivity contribution < 1.29 is 4.79 Å². The van der Waals surface area contributed by atoms with Crippen LogP contribution in [-0.4, -0.2) is 17.4 Å². The number of hydrogen-bond acceptors (Lipinski definition) is 3. The molecule has 1 atom stereocenters. The van der Waals surface area contributed by atoms with Gasteiger partial charge in [0.05, 0.1) is 10.4 Å². The Morgan fingerprint density at radius 3 is 2.72 bits per heavy atom. The number of halogens is 1. The molecular weight excluding hydrogens is 294 g/mol. The fourth-order valence-electron chi connectivity index (χ4n) is 1.72. The van der Waals surface area contributed by atoms with Crippen molar-refractivity contribution in [2.45, 2.75) is 27.2 Å². The number of amides is 1. The third kappa shape index (κ3) is 4.74. The third-order valence-corrected chi connectivity index (χ3v) is 3.15. The lowest BCUT2D eigenvalue weighted by atomic mass is 9.84. The number of aromatic nitrogens is 1. The molecule has 1 unspecified atom stereocenters. The van der Waals surface area contributed by atoms with E-state index in [1.807, 2.05) is 6.07 Å². The number of pyridine rings is 1. The SMILES string of the molecule is CC(C)(C)CC(CN)C(=O)Nc1ncccc1Br. The van der Waals surface area contributed by atoms with Crippen LogP contribution in [0.25, 0.3) is 0 Å². The quantitative estimate of drug-likeness (QED) is 0.898. The van der Waals surface area contributed by atoms with Crippen LogP contribution in [0.4, 0.5) is 5.82 Å². The van der Waals surface area contributed by atoms with Crippen molar-refractivity contribution in [1.29, 1.82) is 0 Å². The van der Waals surface area contributed by atoms with Crippen LogP contribution in [0.3, 0.4) is 0 Å². The number of carbonyl (C=O) groups is 1. The Morgan fingerprint density at radius 2 is 2.22 bits per heavy atom. The molecule has 0 aliphatic heterocycles. The van der Waals surface area contributed by atoms with Crippen LogP contribution in [0.2, 0.25) is 0 Å². The van der Waals surface area contributed by atoms with E-state index in [9.17, 15) is 4.79 Å². The average Bonchev–Trinajstić information content (AvgIpc) is 2.27. The Hall–Kier alpha value is -0.940. The van der Waals surface area contributed by atoms with Crippen molar-refractivity contribution in [2.24, 2.45) is 17.1 Å². The highest BCUT2D eigenvalue weighted by atomic mass is 79.9. The number of carbonyl (C=O) groups excluding carboxylic acids is 1. The summed E-state index contributed by atoms with van der Waals surface area (Å²) in [4.78, 5) is 16.2. The van der Waals surface area contributed by atoms with E-state index in [1.165, 1.54) is 0 Å². The molecule has 0 saturated heterocycles. The molecule has 1 aromatic heterocycles. The Balaban J connectivity index is 2.72. The van der Waals surface area contributed by atoms with Gasteiger partial charge in [0.15, 0.2) is 0 Å². The first-order valence-corrected chi connectivity index (χ1v) is 6.74. The lowest BCUT2D eigenvalue weighted by molar-refractivity contribution is -0.120. The lowest BCUT2D eigenvalue weighted by Crippen LogP contribution is -2.32. The second-order valence-corrected chi connectivity index (χ2v) is 6.37. The normalized spacial score (nSPS) is 13.2. The molecule has 0 spiro atoms. The minimum Gasteiger partial charge on any atom is -0.330 e. The van der Waals surface area contributed by atoms with E-state index in [1.54, 1.807) is 12.3 Å². The highest BCUT2D eigenvalue weighted by Gasteiger charge is 2.24. The van der Waals surface area contributed by atoms with E-state index in [2.05, 4.69) is 47.0 Å². The summed E-state index contributed by atoms with van der Waals surface area (Å²) in [5, 5.41) is 2.81. The highest BCUT2D eigenvalue weighted by Crippen LogP contribution is 2.25. The maximum Gasteiger partial charge on any atom is 0.229 e. The van der Waals surface area contributed by atoms with Crippen molar-refractivity contribution in [2.75, 3.05) is 11.9 Å². The Kier molecular flexibility index (Phi) is 5.28. The van der Waals surface area contributed by atoms with Gasteiger partial charge in [-0.25, -0.2) is 4.98 Å². The zero-order valence-electron chi connectivity index (χ0n) is 11.0. The van der Waals surface area contributed by atoms with E-state index < -0.39 is 0 Å². The van der Waals surface area contributed by atoms with Gasteiger partial charge in [0.25, 0.3) is 0 Å². The Labute approximate surface area is 116 Å². The largest absolute Gasteiger partial charge is 0.330 e. The van der Waals surface area contributed by atoms with E-state index >= 15 is 0 Å². The fourth-order valence-corrected chi connectivity index (χ4v) is 2.07. The molecule has 0 bridgehead atoms. The van der Waals surface area contributed by atoms with Crippen molar-refractivity contribution in [1.82, 2.24) is 4.98 Å². The summed E-state index contributed by atoms with van der Waals surface area (Å²) in [5.41, 5.74) is 5.75. The molecule has 0 aliphatic rings. The van der Waals surface area contributed by atoms with Crippen molar-refractivity contribution in [3.63, 3.8) is 0 Å². The molecule has 0 aliphatic carbocycles. The first-order valence-electron chi connectivity index (χ1n) is 5.95. The summed E-state index contributed by atoms with van der Waals surface area (Å²) in [5.74, 6) is 0.264. The van der Waals surface area contributed by atoms with Gasteiger partial charge in [-0.15, -0.1) is 0 Å². The van der Waals surface area contributed by atoms with Crippen LogP contribution in [0.5, 0.6) is 0 Å². The van der Waals surface area contributed by atoms with Gasteiger partial charge < -0.3 is 11.1 Å². The summed E-state index contributed by atoms with van der Waals surface area (Å²) >= 11 is 3.35. The molecule has 0 radical (unpaired) electrons. The number of rotatable bonds is 4. The molecule has 3 N–H and O–H groups in total. The molecule has 0 aromatic carbocycles. The standard InChI is InChI=1S/C13H20BrN3O/c1-13(2,3)7-9(8-15)12(18)17-11-10(14)5-4-6-16-11/h4-6,9H,7-8,15H2,1-3H3,(H,16,17,18). The van der Waals surface area contributed by atoms with E-state index in [0.29, 0.717) is 12.4 Å². The van der Waals surface area contributed by atoms with Gasteiger partial charge in [0.1, 0.15) is 5.82 Å². The van der Waals surface area contributed by atoms with Crippen LogP contribution in [0.15, 0.2) is 22.8 Å². The zero-order valence-corrected chi connectivity index (χ0v) is 12.6. The van der Waals surface area contributed by atoms with Gasteiger partial charge in [0.2, 0.25) is 5.91 Å². The summed E-state index contributed by atoms with van der Waals surface area (Å²) in [6.45, 7) is 6.63. The molecule has 1 rings (SSSR count). The van der Waals surface area contributed by atoms with Crippen LogP contribution < -0.4 is 11.1 Å². The fraction of sp³-hybridized carbons (Fsp3) is 0.538. The van der Waals surface area contributed by atoms with Gasteiger partial charge >= 0.3 is 0 Å². The monoisotopic (exact) mass is 313 g/mol. The van der Waals surface area contributed by atoms with Gasteiger partial charge in [-0.2, -0.15) is 0 Å². The molecule has 5 heteroatoms. The molecule has 18 heavy (non-hydrogen) atoms. The smallest absolute Gasteiger partial charge is 0.229 e. The number of nitrogens with two attached hydrogens (primary N) is 1. The minimum atomic E-state index is -0.195. The molecule has 100 valence electrons. The first-order chi connectivity index (χ1) is 8.33. The van der Waals surface area contributed by atoms with Crippen LogP contribution in [-0.2, 0) is 4.79 Å². The first kappa shape index (κ1) is 15.1. The highest BCUT2D eigenvalue weighted by molar-refractivity contribution is 9.10. The van der Waals surface area contributed by atoms with Crippen LogP contribution in [0.1, 0.15) is 27.2 Å². The van der Waals surface area contributed by atoms with E-state index in [0.717, 1.165) is 10.9 Å². The zero-order chi connectivity index (χ0) is 13.8. The average molecular weight is 314 g/mol. The minimum absolute atomic E-state index is 0.0721. The Morgan fingerprint density at radius 1 is 1.56 bits per heavy atom. The second-order valence-electron chi connectivity index (χ2n) is 5.52. The molecular formula is C13H20BrN3O. The summed E-state index contributed by atoms with van der Waals surface area (Å²) in [6, 6.07) is 3.64. The van der Waals surface area contributed by atoms with E-state index in [-0.39, 0.29) is 17.2 Å². The molecule has 0 fully saturated rings. The summed E-state index contributed by atoms with van der Waals surface area (Å²) in [7, 11) is 0. The molecule has 4 nitrogen and oxygen atoms in total. The second kappa shape index (κ2) is 6.29. The third-order valence-electron chi connectivity index (χ3n) is 2.51. The molecule has 1 heterocycles. The van der Waals surface area contributed by atoms with Crippen LogP contribution in [0, 0.1) is 11.3 Å². The summed E-state index contributed by atoms with van der Waals surface area (Å²) in [6.07, 6.45) is 2.39. The van der Waals surface area contributed by atoms with Gasteiger partial charge in [-0.1, -0.05) is 20.8 Å². The maximum absolute atomic E-state index is 12.1. The van der Waals surface area contributed by atoms with Gasteiger partial charge in [0, 0.05) is 12.7 Å². The van der Waals surface area contributed by atoms with Crippen molar-refractivity contribution in [3.05, 3.63) is 22.8 Å². The Bertz CT molecular complexity index is 415. The number of anilines is 1. The molecule has 0 saturated carbocycles. The lowest BCUT2D eigenvalue weighted by Gasteiger charge is -2.24. The predicted octanol–water partition coefficient (Wildman–Crippen LogP) is 2.79. The number of nitrogens with zero attached hydrogens (tertiary/aromatic N) is 1. The molecule has 1 amide bonds. The molecule has 1 aromatic rings.